The molecule has 0 saturated heterocycles. The topological polar surface area (TPSA) is 55.4 Å². The number of hydrogen-bond donors (Lipinski definition) is 1. The van der Waals surface area contributed by atoms with Crippen LogP contribution in [0.1, 0.15) is 26.3 Å². The Morgan fingerprint density at radius 3 is 2.48 bits per heavy atom. The Labute approximate surface area is 126 Å². The second-order valence-electron chi connectivity index (χ2n) is 5.62. The molecule has 120 valence electrons. The lowest BCUT2D eigenvalue weighted by molar-refractivity contribution is 0.376. The van der Waals surface area contributed by atoms with Gasteiger partial charge >= 0.3 is 0 Å². The van der Waals surface area contributed by atoms with Gasteiger partial charge in [0, 0.05) is 12.3 Å². The Kier molecular flexibility index (Phi) is 5.75. The number of rotatable bonds is 7. The first kappa shape index (κ1) is 17.9. The molecule has 0 aliphatic heterocycles. The van der Waals surface area contributed by atoms with Crippen molar-refractivity contribution in [3.63, 3.8) is 0 Å². The molecular formula is C15H24FNO3S. The largest absolute Gasteiger partial charge is 0.494 e. The summed E-state index contributed by atoms with van der Waals surface area (Å²) in [6.07, 6.45) is 1.48. The van der Waals surface area contributed by atoms with Crippen molar-refractivity contribution in [2.45, 2.75) is 38.0 Å². The first-order valence-corrected chi connectivity index (χ1v) is 8.78. The maximum atomic E-state index is 14.3. The van der Waals surface area contributed by atoms with Crippen molar-refractivity contribution in [2.24, 2.45) is 0 Å². The first-order valence-electron chi connectivity index (χ1n) is 6.89. The Bertz CT molecular complexity index is 585. The van der Waals surface area contributed by atoms with E-state index >= 15 is 0 Å². The molecule has 1 rings (SSSR count). The number of halogens is 1. The second-order valence-corrected chi connectivity index (χ2v) is 8.22. The molecule has 1 N–H and O–H groups in total. The molecule has 0 radical (unpaired) electrons. The molecule has 1 atom stereocenters. The van der Waals surface area contributed by atoms with Gasteiger partial charge in [-0.1, -0.05) is 19.1 Å². The highest BCUT2D eigenvalue weighted by Crippen LogP contribution is 2.26. The lowest BCUT2D eigenvalue weighted by atomic mass is 9.95. The van der Waals surface area contributed by atoms with Gasteiger partial charge in [-0.2, -0.15) is 0 Å². The van der Waals surface area contributed by atoms with E-state index < -0.39 is 20.4 Å². The lowest BCUT2D eigenvalue weighted by Gasteiger charge is -2.33. The van der Waals surface area contributed by atoms with E-state index in [0.717, 1.165) is 0 Å². The first-order chi connectivity index (χ1) is 9.65. The molecule has 0 heterocycles. The maximum absolute atomic E-state index is 14.3. The molecule has 0 bridgehead atoms. The van der Waals surface area contributed by atoms with Gasteiger partial charge in [0.15, 0.2) is 21.4 Å². The zero-order valence-corrected chi connectivity index (χ0v) is 14.1. The van der Waals surface area contributed by atoms with Crippen molar-refractivity contribution in [1.29, 1.82) is 0 Å². The molecule has 1 aromatic carbocycles. The standard InChI is InChI=1S/C15H24FNO3S/c1-6-17-13(15(2,3)21(5,18)19)10-11-8-7-9-12(20-4)14(11)16/h7-9,13,17H,6,10H2,1-5H3. The fourth-order valence-electron chi connectivity index (χ4n) is 2.16. The van der Waals surface area contributed by atoms with Gasteiger partial charge in [0.25, 0.3) is 0 Å². The maximum Gasteiger partial charge on any atom is 0.168 e. The summed E-state index contributed by atoms with van der Waals surface area (Å²) < 4.78 is 42.2. The van der Waals surface area contributed by atoms with Gasteiger partial charge in [-0.25, -0.2) is 12.8 Å². The predicted molar refractivity (Wildman–Crippen MR) is 83.0 cm³/mol. The van der Waals surface area contributed by atoms with E-state index in [0.29, 0.717) is 12.1 Å². The minimum absolute atomic E-state index is 0.167. The van der Waals surface area contributed by atoms with Crippen molar-refractivity contribution in [1.82, 2.24) is 5.32 Å². The summed E-state index contributed by atoms with van der Waals surface area (Å²) in [7, 11) is -1.88. The van der Waals surface area contributed by atoms with Crippen molar-refractivity contribution in [3.8, 4) is 5.75 Å². The third kappa shape index (κ3) is 3.95. The molecule has 0 fully saturated rings. The van der Waals surface area contributed by atoms with E-state index in [4.69, 9.17) is 4.74 Å². The fourth-order valence-corrected chi connectivity index (χ4v) is 2.84. The Morgan fingerprint density at radius 2 is 2.00 bits per heavy atom. The molecule has 6 heteroatoms. The third-order valence-corrected chi connectivity index (χ3v) is 6.13. The molecule has 0 spiro atoms. The molecule has 0 saturated carbocycles. The van der Waals surface area contributed by atoms with Crippen LogP contribution in [-0.4, -0.2) is 39.1 Å². The van der Waals surface area contributed by atoms with Crippen molar-refractivity contribution >= 4 is 9.84 Å². The van der Waals surface area contributed by atoms with Gasteiger partial charge in [-0.15, -0.1) is 0 Å². The second kappa shape index (κ2) is 6.75. The highest BCUT2D eigenvalue weighted by atomic mass is 32.2. The Morgan fingerprint density at radius 1 is 1.38 bits per heavy atom. The number of sulfone groups is 1. The Hall–Kier alpha value is -1.14. The number of ether oxygens (including phenoxy) is 1. The molecule has 4 nitrogen and oxygen atoms in total. The number of nitrogens with one attached hydrogen (secondary N) is 1. The quantitative estimate of drug-likeness (QED) is 0.837. The van der Waals surface area contributed by atoms with Gasteiger partial charge in [0.2, 0.25) is 0 Å². The van der Waals surface area contributed by atoms with Crippen LogP contribution in [0.25, 0.3) is 0 Å². The molecule has 0 aromatic heterocycles. The molecular weight excluding hydrogens is 293 g/mol. The Balaban J connectivity index is 3.16. The lowest BCUT2D eigenvalue weighted by Crippen LogP contribution is -2.52. The number of benzene rings is 1. The summed E-state index contributed by atoms with van der Waals surface area (Å²) in [5.74, 6) is -0.271. The SMILES string of the molecule is CCNC(Cc1cccc(OC)c1F)C(C)(C)S(C)(=O)=O. The fraction of sp³-hybridized carbons (Fsp3) is 0.600. The summed E-state index contributed by atoms with van der Waals surface area (Å²) in [5, 5.41) is 3.16. The molecule has 0 amide bonds. The smallest absolute Gasteiger partial charge is 0.168 e. The predicted octanol–water partition coefficient (Wildman–Crippen LogP) is 2.18. The van der Waals surface area contributed by atoms with Gasteiger partial charge in [0.1, 0.15) is 0 Å². The number of hydrogen-bond acceptors (Lipinski definition) is 4. The number of likely N-dealkylation sites (N-methyl/N-ethyl adjacent to an activating group) is 1. The highest BCUT2D eigenvalue weighted by molar-refractivity contribution is 7.92. The van der Waals surface area contributed by atoms with Crippen LogP contribution in [0, 0.1) is 5.82 Å². The molecule has 0 aliphatic rings. The van der Waals surface area contributed by atoms with E-state index in [1.165, 1.54) is 13.4 Å². The van der Waals surface area contributed by atoms with Crippen molar-refractivity contribution < 1.29 is 17.5 Å². The van der Waals surface area contributed by atoms with Crippen LogP contribution in [0.15, 0.2) is 18.2 Å². The van der Waals surface area contributed by atoms with Crippen LogP contribution >= 0.6 is 0 Å². The van der Waals surface area contributed by atoms with Crippen LogP contribution in [0.2, 0.25) is 0 Å². The summed E-state index contributed by atoms with van der Waals surface area (Å²) in [6.45, 7) is 5.82. The number of methoxy groups -OCH3 is 1. The molecule has 0 aliphatic carbocycles. The zero-order valence-electron chi connectivity index (χ0n) is 13.2. The third-order valence-electron chi connectivity index (χ3n) is 3.93. The zero-order chi connectivity index (χ0) is 16.3. The van der Waals surface area contributed by atoms with Crippen LogP contribution in [-0.2, 0) is 16.3 Å². The molecule has 1 unspecified atom stereocenters. The van der Waals surface area contributed by atoms with E-state index in [-0.39, 0.29) is 18.2 Å². The van der Waals surface area contributed by atoms with Crippen molar-refractivity contribution in [2.75, 3.05) is 19.9 Å². The van der Waals surface area contributed by atoms with Gasteiger partial charge in [-0.3, -0.25) is 0 Å². The minimum atomic E-state index is -3.29. The van der Waals surface area contributed by atoms with Gasteiger partial charge in [0.05, 0.1) is 11.9 Å². The van der Waals surface area contributed by atoms with E-state index in [1.54, 1.807) is 32.0 Å². The van der Waals surface area contributed by atoms with Gasteiger partial charge in [-0.05, 0) is 38.4 Å². The normalized spacial score (nSPS) is 14.0. The van der Waals surface area contributed by atoms with Crippen LogP contribution < -0.4 is 10.1 Å². The highest BCUT2D eigenvalue weighted by Gasteiger charge is 2.39. The van der Waals surface area contributed by atoms with Crippen LogP contribution in [0.3, 0.4) is 0 Å². The summed E-state index contributed by atoms with van der Waals surface area (Å²) in [4.78, 5) is 0. The van der Waals surface area contributed by atoms with E-state index in [2.05, 4.69) is 5.32 Å². The summed E-state index contributed by atoms with van der Waals surface area (Å²) >= 11 is 0. The summed E-state index contributed by atoms with van der Waals surface area (Å²) in [6, 6.07) is 4.51. The van der Waals surface area contributed by atoms with E-state index in [1.807, 2.05) is 6.92 Å². The average molecular weight is 317 g/mol. The van der Waals surface area contributed by atoms with Crippen molar-refractivity contribution in [3.05, 3.63) is 29.6 Å². The van der Waals surface area contributed by atoms with Crippen LogP contribution in [0.5, 0.6) is 5.75 Å². The summed E-state index contributed by atoms with van der Waals surface area (Å²) in [5.41, 5.74) is 0.442. The van der Waals surface area contributed by atoms with Crippen LogP contribution in [0.4, 0.5) is 4.39 Å². The monoisotopic (exact) mass is 317 g/mol. The molecule has 21 heavy (non-hydrogen) atoms. The van der Waals surface area contributed by atoms with E-state index in [9.17, 15) is 12.8 Å². The minimum Gasteiger partial charge on any atom is -0.494 e. The van der Waals surface area contributed by atoms with Gasteiger partial charge < -0.3 is 10.1 Å². The average Bonchev–Trinajstić information content (AvgIpc) is 2.39. The molecule has 1 aromatic rings.